The maximum atomic E-state index is 9.94. The minimum absolute atomic E-state index is 0.286. The summed E-state index contributed by atoms with van der Waals surface area (Å²) in [4.78, 5) is 6.96. The summed E-state index contributed by atoms with van der Waals surface area (Å²) in [6.45, 7) is 5.54. The highest BCUT2D eigenvalue weighted by molar-refractivity contribution is 9.10. The molecule has 4 heterocycles. The zero-order valence-corrected chi connectivity index (χ0v) is 17.1. The Balaban J connectivity index is 1.72. The van der Waals surface area contributed by atoms with E-state index in [1.54, 1.807) is 10.7 Å². The Hall–Kier alpha value is -1.49. The lowest BCUT2D eigenvalue weighted by atomic mass is 9.80. The molecule has 4 rings (SSSR count). The molecular formula is C16H20BBrN6OS. The van der Waals surface area contributed by atoms with Gasteiger partial charge in [-0.1, -0.05) is 0 Å². The summed E-state index contributed by atoms with van der Waals surface area (Å²) in [5, 5.41) is 18.8. The molecule has 1 unspecified atom stereocenters. The predicted octanol–water partition coefficient (Wildman–Crippen LogP) is 3.29. The van der Waals surface area contributed by atoms with Crippen LogP contribution in [0.5, 0.6) is 0 Å². The van der Waals surface area contributed by atoms with Crippen LogP contribution in [-0.4, -0.2) is 48.9 Å². The van der Waals surface area contributed by atoms with Crippen molar-refractivity contribution < 1.29 is 5.02 Å². The number of hydrogen-bond donors (Lipinski definition) is 2. The smallest absolute Gasteiger partial charge is 0.376 e. The molecule has 1 saturated heterocycles. The Morgan fingerprint density at radius 3 is 3.00 bits per heavy atom. The molecule has 1 aliphatic rings. The number of aromatic nitrogens is 4. The summed E-state index contributed by atoms with van der Waals surface area (Å²) in [6, 6.07) is 4.09. The molecule has 1 fully saturated rings. The molecule has 3 aromatic heterocycles. The summed E-state index contributed by atoms with van der Waals surface area (Å²) >= 11 is 4.98. The van der Waals surface area contributed by atoms with Crippen molar-refractivity contribution >= 4 is 51.0 Å². The standard InChI is InChI=1S/C16H20BBrN6OS/c1-10-6-15(26-22-10)21-14-7-13(20-16-12(18)8-19-24(14)16)11-4-3-5-23(9-11)17(2)25/h6-8,11,21,25H,3-5,9H2,1-2H3. The number of rotatable bonds is 4. The maximum absolute atomic E-state index is 9.94. The van der Waals surface area contributed by atoms with E-state index in [1.165, 1.54) is 11.5 Å². The van der Waals surface area contributed by atoms with Crippen LogP contribution in [0.4, 0.5) is 10.8 Å². The molecule has 0 saturated carbocycles. The third-order valence-corrected chi connectivity index (χ3v) is 6.08. The lowest BCUT2D eigenvalue weighted by molar-refractivity contribution is 0.283. The molecule has 0 amide bonds. The van der Waals surface area contributed by atoms with E-state index in [-0.39, 0.29) is 5.92 Å². The fourth-order valence-corrected chi connectivity index (χ4v) is 4.41. The fourth-order valence-electron chi connectivity index (χ4n) is 3.39. The molecule has 136 valence electrons. The van der Waals surface area contributed by atoms with Gasteiger partial charge in [0.25, 0.3) is 0 Å². The predicted molar refractivity (Wildman–Crippen MR) is 108 cm³/mol. The first kappa shape index (κ1) is 17.9. The molecule has 0 bridgehead atoms. The Morgan fingerprint density at radius 2 is 2.27 bits per heavy atom. The van der Waals surface area contributed by atoms with E-state index in [9.17, 15) is 5.02 Å². The molecule has 1 aliphatic heterocycles. The molecule has 0 spiro atoms. The van der Waals surface area contributed by atoms with Crippen LogP contribution in [0.1, 0.15) is 30.1 Å². The van der Waals surface area contributed by atoms with E-state index in [2.05, 4.69) is 41.6 Å². The number of fused-ring (bicyclic) bond motifs is 1. The van der Waals surface area contributed by atoms with Crippen LogP contribution in [0.15, 0.2) is 22.8 Å². The minimum Gasteiger partial charge on any atom is -0.437 e. The lowest BCUT2D eigenvalue weighted by Gasteiger charge is -2.33. The number of hydrogen-bond acceptors (Lipinski definition) is 7. The lowest BCUT2D eigenvalue weighted by Crippen LogP contribution is -2.43. The van der Waals surface area contributed by atoms with Crippen molar-refractivity contribution in [1.29, 1.82) is 0 Å². The zero-order chi connectivity index (χ0) is 18.3. The van der Waals surface area contributed by atoms with Crippen LogP contribution in [0.2, 0.25) is 6.82 Å². The van der Waals surface area contributed by atoms with E-state index < -0.39 is 7.05 Å². The van der Waals surface area contributed by atoms with Gasteiger partial charge in [-0.2, -0.15) is 14.0 Å². The number of nitrogens with zero attached hydrogens (tertiary/aromatic N) is 5. The van der Waals surface area contributed by atoms with Gasteiger partial charge in [0.2, 0.25) is 0 Å². The van der Waals surface area contributed by atoms with Gasteiger partial charge >= 0.3 is 7.05 Å². The SMILES string of the molecule is CB(O)N1CCCC(c2cc(Nc3cc(C)ns3)n3ncc(Br)c3n2)C1. The Morgan fingerprint density at radius 1 is 1.42 bits per heavy atom. The van der Waals surface area contributed by atoms with Crippen molar-refractivity contribution in [2.45, 2.75) is 32.5 Å². The summed E-state index contributed by atoms with van der Waals surface area (Å²) in [7, 11) is -0.430. The molecule has 1 atom stereocenters. The summed E-state index contributed by atoms with van der Waals surface area (Å²) in [5.41, 5.74) is 2.80. The van der Waals surface area contributed by atoms with Gasteiger partial charge in [-0.3, -0.25) is 0 Å². The average molecular weight is 435 g/mol. The number of aryl methyl sites for hydroxylation is 1. The number of piperidine rings is 1. The van der Waals surface area contributed by atoms with Crippen molar-refractivity contribution in [3.63, 3.8) is 0 Å². The summed E-state index contributed by atoms with van der Waals surface area (Å²) < 4.78 is 7.00. The van der Waals surface area contributed by atoms with E-state index in [4.69, 9.17) is 4.98 Å². The second kappa shape index (κ2) is 7.26. The fraction of sp³-hybridized carbons (Fsp3) is 0.438. The van der Waals surface area contributed by atoms with E-state index in [1.807, 2.05) is 19.8 Å². The van der Waals surface area contributed by atoms with Crippen LogP contribution < -0.4 is 5.32 Å². The van der Waals surface area contributed by atoms with Crippen LogP contribution in [0.25, 0.3) is 5.65 Å². The van der Waals surface area contributed by atoms with Gasteiger partial charge < -0.3 is 15.2 Å². The average Bonchev–Trinajstić information content (AvgIpc) is 3.21. The third kappa shape index (κ3) is 3.51. The van der Waals surface area contributed by atoms with Crippen LogP contribution in [0, 0.1) is 6.92 Å². The summed E-state index contributed by atoms with van der Waals surface area (Å²) in [5.74, 6) is 1.16. The van der Waals surface area contributed by atoms with E-state index >= 15 is 0 Å². The van der Waals surface area contributed by atoms with Crippen molar-refractivity contribution in [2.24, 2.45) is 0 Å². The first-order chi connectivity index (χ1) is 12.5. The first-order valence-corrected chi connectivity index (χ1v) is 10.2. The van der Waals surface area contributed by atoms with Crippen molar-refractivity contribution in [2.75, 3.05) is 18.4 Å². The van der Waals surface area contributed by atoms with Gasteiger partial charge in [0, 0.05) is 12.0 Å². The Bertz CT molecular complexity index is 929. The highest BCUT2D eigenvalue weighted by Crippen LogP contribution is 2.31. The highest BCUT2D eigenvalue weighted by Gasteiger charge is 2.27. The van der Waals surface area contributed by atoms with Crippen LogP contribution >= 0.6 is 27.5 Å². The van der Waals surface area contributed by atoms with Crippen molar-refractivity contribution in [3.05, 3.63) is 34.2 Å². The Kier molecular flexibility index (Phi) is 5.00. The maximum Gasteiger partial charge on any atom is 0.376 e. The minimum atomic E-state index is -0.430. The van der Waals surface area contributed by atoms with Gasteiger partial charge in [-0.25, -0.2) is 4.98 Å². The number of anilines is 2. The van der Waals surface area contributed by atoms with Crippen molar-refractivity contribution in [1.82, 2.24) is 23.8 Å². The quantitative estimate of drug-likeness (QED) is 0.613. The molecule has 2 N–H and O–H groups in total. The molecule has 7 nitrogen and oxygen atoms in total. The second-order valence-electron chi connectivity index (χ2n) is 6.72. The topological polar surface area (TPSA) is 78.6 Å². The highest BCUT2D eigenvalue weighted by atomic mass is 79.9. The van der Waals surface area contributed by atoms with Gasteiger partial charge in [0.15, 0.2) is 5.65 Å². The van der Waals surface area contributed by atoms with E-state index in [0.717, 1.165) is 58.3 Å². The Labute approximate surface area is 164 Å². The molecule has 0 radical (unpaired) electrons. The monoisotopic (exact) mass is 434 g/mol. The van der Waals surface area contributed by atoms with Gasteiger partial charge in [-0.05, 0) is 73.2 Å². The van der Waals surface area contributed by atoms with Crippen LogP contribution in [-0.2, 0) is 0 Å². The number of nitrogens with one attached hydrogen (secondary N) is 1. The summed E-state index contributed by atoms with van der Waals surface area (Å²) in [6.07, 6.45) is 3.88. The molecule has 0 aromatic carbocycles. The molecule has 26 heavy (non-hydrogen) atoms. The second-order valence-corrected chi connectivity index (χ2v) is 8.38. The largest absolute Gasteiger partial charge is 0.437 e. The van der Waals surface area contributed by atoms with Crippen molar-refractivity contribution in [3.8, 4) is 0 Å². The molecule has 0 aliphatic carbocycles. The van der Waals surface area contributed by atoms with Gasteiger partial charge in [0.1, 0.15) is 10.8 Å². The van der Waals surface area contributed by atoms with Gasteiger partial charge in [0.05, 0.1) is 22.1 Å². The number of halogens is 1. The van der Waals surface area contributed by atoms with Crippen LogP contribution in [0.3, 0.4) is 0 Å². The normalized spacial score (nSPS) is 18.4. The van der Waals surface area contributed by atoms with Gasteiger partial charge in [-0.15, -0.1) is 0 Å². The van der Waals surface area contributed by atoms with E-state index in [0.29, 0.717) is 0 Å². The molecule has 10 heteroatoms. The zero-order valence-electron chi connectivity index (χ0n) is 14.7. The molecular weight excluding hydrogens is 415 g/mol. The first-order valence-electron chi connectivity index (χ1n) is 8.68. The molecule has 3 aromatic rings. The third-order valence-electron chi connectivity index (χ3n) is 4.73.